The number of aromatic nitrogens is 1. The van der Waals surface area contributed by atoms with E-state index in [1.807, 2.05) is 0 Å². The molecule has 0 spiro atoms. The Labute approximate surface area is 112 Å². The van der Waals surface area contributed by atoms with Crippen molar-refractivity contribution in [3.05, 3.63) is 23.8 Å². The Morgan fingerprint density at radius 3 is 2.65 bits per heavy atom. The molecule has 1 amide bonds. The molecule has 1 saturated heterocycles. The van der Waals surface area contributed by atoms with Gasteiger partial charge in [0.2, 0.25) is 0 Å². The standard InChI is InChI=1S/C12H12F4N2O2/c1-2-20-10-8(3-17-4-9(10)13)7-5-18(6-7)11(19)12(14,15)16/h3-4,7H,2,5-6H2,1H3. The first kappa shape index (κ1) is 14.5. The van der Waals surface area contributed by atoms with E-state index in [0.29, 0.717) is 10.5 Å². The first-order valence-electron chi connectivity index (χ1n) is 5.96. The summed E-state index contributed by atoms with van der Waals surface area (Å²) in [6, 6.07) is 0. The SMILES string of the molecule is CCOc1c(F)cncc1C1CN(C(=O)C(F)(F)F)C1. The van der Waals surface area contributed by atoms with Gasteiger partial charge in [0.25, 0.3) is 0 Å². The fourth-order valence-corrected chi connectivity index (χ4v) is 2.05. The van der Waals surface area contributed by atoms with Crippen LogP contribution in [0.15, 0.2) is 12.4 Å². The van der Waals surface area contributed by atoms with Gasteiger partial charge in [-0.25, -0.2) is 4.39 Å². The van der Waals surface area contributed by atoms with Gasteiger partial charge in [0.1, 0.15) is 0 Å². The van der Waals surface area contributed by atoms with Gasteiger partial charge in [-0.1, -0.05) is 0 Å². The number of carbonyl (C=O) groups excluding carboxylic acids is 1. The lowest BCUT2D eigenvalue weighted by molar-refractivity contribution is -0.189. The third-order valence-electron chi connectivity index (χ3n) is 3.02. The maximum absolute atomic E-state index is 13.6. The Kier molecular flexibility index (Phi) is 3.82. The topological polar surface area (TPSA) is 42.4 Å². The highest BCUT2D eigenvalue weighted by atomic mass is 19.4. The highest BCUT2D eigenvalue weighted by Crippen LogP contribution is 2.36. The van der Waals surface area contributed by atoms with Crippen molar-refractivity contribution in [2.24, 2.45) is 0 Å². The summed E-state index contributed by atoms with van der Waals surface area (Å²) in [7, 11) is 0. The van der Waals surface area contributed by atoms with Crippen molar-refractivity contribution in [2.45, 2.75) is 19.0 Å². The fourth-order valence-electron chi connectivity index (χ4n) is 2.05. The number of halogens is 4. The van der Waals surface area contributed by atoms with Gasteiger partial charge in [-0.2, -0.15) is 13.2 Å². The van der Waals surface area contributed by atoms with Crippen LogP contribution in [0.25, 0.3) is 0 Å². The number of hydrogen-bond acceptors (Lipinski definition) is 3. The van der Waals surface area contributed by atoms with Crippen LogP contribution in [0.5, 0.6) is 5.75 Å². The molecule has 2 heterocycles. The van der Waals surface area contributed by atoms with Gasteiger partial charge in [-0.05, 0) is 6.92 Å². The molecule has 0 N–H and O–H groups in total. The molecule has 110 valence electrons. The van der Waals surface area contributed by atoms with E-state index < -0.39 is 23.8 Å². The summed E-state index contributed by atoms with van der Waals surface area (Å²) in [4.78, 5) is 15.3. The molecule has 2 rings (SSSR count). The lowest BCUT2D eigenvalue weighted by Gasteiger charge is -2.39. The minimum atomic E-state index is -4.88. The van der Waals surface area contributed by atoms with Crippen molar-refractivity contribution >= 4 is 5.91 Å². The summed E-state index contributed by atoms with van der Waals surface area (Å²) in [5, 5.41) is 0. The zero-order chi connectivity index (χ0) is 14.9. The number of likely N-dealkylation sites (tertiary alicyclic amines) is 1. The third kappa shape index (κ3) is 2.68. The lowest BCUT2D eigenvalue weighted by atomic mass is 9.91. The van der Waals surface area contributed by atoms with Crippen LogP contribution in [0.4, 0.5) is 17.6 Å². The molecule has 0 aliphatic carbocycles. The fraction of sp³-hybridized carbons (Fsp3) is 0.500. The van der Waals surface area contributed by atoms with Crippen LogP contribution in [0.1, 0.15) is 18.4 Å². The van der Waals surface area contributed by atoms with Gasteiger partial charge in [0.15, 0.2) is 11.6 Å². The van der Waals surface area contributed by atoms with E-state index in [-0.39, 0.29) is 25.4 Å². The minimum absolute atomic E-state index is 0.00777. The summed E-state index contributed by atoms with van der Waals surface area (Å²) in [6.07, 6.45) is -2.55. The van der Waals surface area contributed by atoms with Gasteiger partial charge < -0.3 is 9.64 Å². The molecule has 1 fully saturated rings. The van der Waals surface area contributed by atoms with Gasteiger partial charge >= 0.3 is 12.1 Å². The zero-order valence-corrected chi connectivity index (χ0v) is 10.6. The van der Waals surface area contributed by atoms with E-state index in [0.717, 1.165) is 6.20 Å². The molecule has 0 bridgehead atoms. The monoisotopic (exact) mass is 292 g/mol. The maximum atomic E-state index is 13.6. The number of nitrogens with zero attached hydrogens (tertiary/aromatic N) is 2. The number of carbonyl (C=O) groups is 1. The number of pyridine rings is 1. The van der Waals surface area contributed by atoms with E-state index in [1.165, 1.54) is 6.20 Å². The Bertz CT molecular complexity index is 513. The van der Waals surface area contributed by atoms with Gasteiger partial charge in [-0.3, -0.25) is 9.78 Å². The molecule has 8 heteroatoms. The first-order valence-corrected chi connectivity index (χ1v) is 5.96. The van der Waals surface area contributed by atoms with Crippen molar-refractivity contribution < 1.29 is 27.1 Å². The van der Waals surface area contributed by atoms with Gasteiger partial charge in [0, 0.05) is 30.8 Å². The van der Waals surface area contributed by atoms with Crippen LogP contribution in [0, 0.1) is 5.82 Å². The average molecular weight is 292 g/mol. The second kappa shape index (κ2) is 5.26. The quantitative estimate of drug-likeness (QED) is 0.801. The number of alkyl halides is 3. The molecule has 1 aliphatic rings. The molecular formula is C12H12F4N2O2. The minimum Gasteiger partial charge on any atom is -0.490 e. The average Bonchev–Trinajstić information content (AvgIpc) is 2.30. The highest BCUT2D eigenvalue weighted by Gasteiger charge is 2.47. The van der Waals surface area contributed by atoms with Crippen molar-refractivity contribution in [3.8, 4) is 5.75 Å². The molecule has 0 atom stereocenters. The van der Waals surface area contributed by atoms with E-state index in [9.17, 15) is 22.4 Å². The molecule has 4 nitrogen and oxygen atoms in total. The molecule has 20 heavy (non-hydrogen) atoms. The number of rotatable bonds is 3. The highest BCUT2D eigenvalue weighted by molar-refractivity contribution is 5.82. The van der Waals surface area contributed by atoms with Gasteiger partial charge in [0.05, 0.1) is 12.8 Å². The van der Waals surface area contributed by atoms with Crippen LogP contribution >= 0.6 is 0 Å². The number of amides is 1. The van der Waals surface area contributed by atoms with Crippen molar-refractivity contribution in [1.82, 2.24) is 9.88 Å². The van der Waals surface area contributed by atoms with Crippen LogP contribution < -0.4 is 4.74 Å². The molecule has 1 aromatic heterocycles. The van der Waals surface area contributed by atoms with E-state index in [1.54, 1.807) is 6.92 Å². The summed E-state index contributed by atoms with van der Waals surface area (Å²) in [5.41, 5.74) is 0.387. The Hall–Kier alpha value is -1.86. The van der Waals surface area contributed by atoms with Crippen LogP contribution in [-0.2, 0) is 4.79 Å². The molecule has 1 aromatic rings. The van der Waals surface area contributed by atoms with E-state index >= 15 is 0 Å². The van der Waals surface area contributed by atoms with Gasteiger partial charge in [-0.15, -0.1) is 0 Å². The lowest BCUT2D eigenvalue weighted by Crippen LogP contribution is -2.53. The van der Waals surface area contributed by atoms with Crippen LogP contribution in [0.2, 0.25) is 0 Å². The van der Waals surface area contributed by atoms with Crippen molar-refractivity contribution in [3.63, 3.8) is 0 Å². The molecule has 1 aliphatic heterocycles. The second-order valence-corrected chi connectivity index (χ2v) is 4.38. The molecule has 0 unspecified atom stereocenters. The second-order valence-electron chi connectivity index (χ2n) is 4.38. The molecule has 0 aromatic carbocycles. The predicted molar refractivity (Wildman–Crippen MR) is 60.7 cm³/mol. The van der Waals surface area contributed by atoms with E-state index in [2.05, 4.69) is 4.98 Å². The summed E-state index contributed by atoms with van der Waals surface area (Å²) in [6.45, 7) is 1.66. The van der Waals surface area contributed by atoms with E-state index in [4.69, 9.17) is 4.74 Å². The summed E-state index contributed by atoms with van der Waals surface area (Å²) >= 11 is 0. The van der Waals surface area contributed by atoms with Crippen molar-refractivity contribution in [2.75, 3.05) is 19.7 Å². The molecular weight excluding hydrogens is 280 g/mol. The number of hydrogen-bond donors (Lipinski definition) is 0. The summed E-state index contributed by atoms with van der Waals surface area (Å²) < 4.78 is 55.4. The normalized spacial score (nSPS) is 15.9. The first-order chi connectivity index (χ1) is 9.34. The van der Waals surface area contributed by atoms with Crippen LogP contribution in [0.3, 0.4) is 0 Å². The van der Waals surface area contributed by atoms with Crippen LogP contribution in [-0.4, -0.2) is 41.7 Å². The smallest absolute Gasteiger partial charge is 0.471 e. The molecule has 0 saturated carbocycles. The largest absolute Gasteiger partial charge is 0.490 e. The van der Waals surface area contributed by atoms with Crippen molar-refractivity contribution in [1.29, 1.82) is 0 Å². The Morgan fingerprint density at radius 1 is 1.45 bits per heavy atom. The summed E-state index contributed by atoms with van der Waals surface area (Å²) in [5.74, 6) is -2.95. The Balaban J connectivity index is 2.10. The maximum Gasteiger partial charge on any atom is 0.471 e. The third-order valence-corrected chi connectivity index (χ3v) is 3.02. The molecule has 0 radical (unpaired) electrons. The Morgan fingerprint density at radius 2 is 2.10 bits per heavy atom. The zero-order valence-electron chi connectivity index (χ0n) is 10.6. The predicted octanol–water partition coefficient (Wildman–Crippen LogP) is 2.11. The number of ether oxygens (including phenoxy) is 1.